The fourth-order valence-electron chi connectivity index (χ4n) is 0.727. The Hall–Kier alpha value is -1.08. The zero-order chi connectivity index (χ0) is 10.1. The Labute approximate surface area is 79.3 Å². The molecule has 0 saturated carbocycles. The number of nitrogens with one attached hydrogen (secondary N) is 2. The summed E-state index contributed by atoms with van der Waals surface area (Å²) in [6, 6.07) is 2.00. The minimum atomic E-state index is -0.00774. The smallest absolute Gasteiger partial charge is 0.233 e. The van der Waals surface area contributed by atoms with Gasteiger partial charge in [-0.2, -0.15) is 5.26 Å². The molecule has 4 nitrogen and oxygen atoms in total. The van der Waals surface area contributed by atoms with Gasteiger partial charge in [0.05, 0.1) is 12.6 Å². The number of nitrogens with zero attached hydrogens (tertiary/aromatic N) is 1. The van der Waals surface area contributed by atoms with Crippen LogP contribution in [0.3, 0.4) is 0 Å². The van der Waals surface area contributed by atoms with Crippen molar-refractivity contribution in [3.8, 4) is 6.07 Å². The Kier molecular flexibility index (Phi) is 6.93. The van der Waals surface area contributed by atoms with Crippen LogP contribution < -0.4 is 10.6 Å². The summed E-state index contributed by atoms with van der Waals surface area (Å²) in [4.78, 5) is 11.1. The van der Waals surface area contributed by atoms with E-state index in [1.54, 1.807) is 0 Å². The lowest BCUT2D eigenvalue weighted by Gasteiger charge is -2.07. The van der Waals surface area contributed by atoms with Crippen molar-refractivity contribution < 1.29 is 4.79 Å². The molecule has 74 valence electrons. The Morgan fingerprint density at radius 3 is 2.77 bits per heavy atom. The largest absolute Gasteiger partial charge is 0.355 e. The molecule has 13 heavy (non-hydrogen) atoms. The zero-order valence-electron chi connectivity index (χ0n) is 8.26. The second-order valence-electron chi connectivity index (χ2n) is 3.28. The van der Waals surface area contributed by atoms with Crippen molar-refractivity contribution in [3.05, 3.63) is 0 Å². The van der Waals surface area contributed by atoms with Gasteiger partial charge in [0.1, 0.15) is 0 Å². The van der Waals surface area contributed by atoms with Gasteiger partial charge in [-0.1, -0.05) is 13.8 Å². The van der Waals surface area contributed by atoms with E-state index in [-0.39, 0.29) is 5.91 Å². The van der Waals surface area contributed by atoms with E-state index in [0.29, 0.717) is 32.0 Å². The van der Waals surface area contributed by atoms with E-state index in [0.717, 1.165) is 0 Å². The fraction of sp³-hybridized carbons (Fsp3) is 0.778. The summed E-state index contributed by atoms with van der Waals surface area (Å²) in [5, 5.41) is 13.9. The van der Waals surface area contributed by atoms with Gasteiger partial charge in [-0.05, 0) is 5.92 Å². The molecule has 1 amide bonds. The van der Waals surface area contributed by atoms with Crippen molar-refractivity contribution in [2.45, 2.75) is 20.3 Å². The molecular formula is C9H17N3O. The number of carbonyl (C=O) groups is 1. The highest BCUT2D eigenvalue weighted by molar-refractivity contribution is 5.77. The lowest BCUT2D eigenvalue weighted by molar-refractivity contribution is -0.120. The highest BCUT2D eigenvalue weighted by Crippen LogP contribution is 1.86. The molecule has 0 aromatic heterocycles. The number of hydrogen-bond donors (Lipinski definition) is 2. The first-order valence-corrected chi connectivity index (χ1v) is 4.51. The van der Waals surface area contributed by atoms with Crippen molar-refractivity contribution >= 4 is 5.91 Å². The van der Waals surface area contributed by atoms with Crippen LogP contribution in [0.15, 0.2) is 0 Å². The standard InChI is InChI=1S/C9H17N3O/c1-8(2)6-12-9(13)7-11-5-3-4-10/h8,11H,3,5-7H2,1-2H3,(H,12,13). The minimum Gasteiger partial charge on any atom is -0.355 e. The van der Waals surface area contributed by atoms with Crippen LogP contribution in [-0.4, -0.2) is 25.5 Å². The average Bonchev–Trinajstić information content (AvgIpc) is 2.09. The molecule has 0 heterocycles. The molecule has 0 aliphatic carbocycles. The van der Waals surface area contributed by atoms with E-state index in [2.05, 4.69) is 10.6 Å². The summed E-state index contributed by atoms with van der Waals surface area (Å²) in [5.74, 6) is 0.467. The van der Waals surface area contributed by atoms with Gasteiger partial charge in [-0.15, -0.1) is 0 Å². The molecule has 0 aromatic rings. The molecule has 0 radical (unpaired) electrons. The predicted molar refractivity (Wildman–Crippen MR) is 50.9 cm³/mol. The van der Waals surface area contributed by atoms with Gasteiger partial charge in [-0.25, -0.2) is 0 Å². The summed E-state index contributed by atoms with van der Waals surface area (Å²) >= 11 is 0. The number of carbonyl (C=O) groups excluding carboxylic acids is 1. The predicted octanol–water partition coefficient (Wildman–Crippen LogP) is 0.262. The van der Waals surface area contributed by atoms with Gasteiger partial charge in [-0.3, -0.25) is 4.79 Å². The third-order valence-electron chi connectivity index (χ3n) is 1.41. The van der Waals surface area contributed by atoms with Gasteiger partial charge >= 0.3 is 0 Å². The van der Waals surface area contributed by atoms with Gasteiger partial charge in [0.2, 0.25) is 5.91 Å². The van der Waals surface area contributed by atoms with Gasteiger partial charge in [0.15, 0.2) is 0 Å². The van der Waals surface area contributed by atoms with Gasteiger partial charge < -0.3 is 10.6 Å². The van der Waals surface area contributed by atoms with Crippen LogP contribution in [0.2, 0.25) is 0 Å². The third-order valence-corrected chi connectivity index (χ3v) is 1.41. The second kappa shape index (κ2) is 7.56. The molecule has 4 heteroatoms. The molecular weight excluding hydrogens is 166 g/mol. The molecule has 0 aromatic carbocycles. The third kappa shape index (κ3) is 8.83. The van der Waals surface area contributed by atoms with Crippen LogP contribution in [0.25, 0.3) is 0 Å². The quantitative estimate of drug-likeness (QED) is 0.581. The SMILES string of the molecule is CC(C)CNC(=O)CNCCC#N. The molecule has 0 atom stereocenters. The lowest BCUT2D eigenvalue weighted by atomic mass is 10.2. The second-order valence-corrected chi connectivity index (χ2v) is 3.28. The van der Waals surface area contributed by atoms with Crippen LogP contribution >= 0.6 is 0 Å². The summed E-state index contributed by atoms with van der Waals surface area (Å²) in [6.45, 7) is 5.67. The summed E-state index contributed by atoms with van der Waals surface area (Å²) in [7, 11) is 0. The lowest BCUT2D eigenvalue weighted by Crippen LogP contribution is -2.36. The van der Waals surface area contributed by atoms with Gasteiger partial charge in [0, 0.05) is 19.5 Å². The normalized spacial score (nSPS) is 9.69. The van der Waals surface area contributed by atoms with Crippen LogP contribution in [-0.2, 0) is 4.79 Å². The highest BCUT2D eigenvalue weighted by atomic mass is 16.1. The zero-order valence-corrected chi connectivity index (χ0v) is 8.26. The number of amides is 1. The number of rotatable bonds is 6. The van der Waals surface area contributed by atoms with Crippen molar-refractivity contribution in [3.63, 3.8) is 0 Å². The van der Waals surface area contributed by atoms with E-state index in [1.807, 2.05) is 19.9 Å². The molecule has 0 fully saturated rings. The molecule has 0 aliphatic heterocycles. The van der Waals surface area contributed by atoms with Gasteiger partial charge in [0.25, 0.3) is 0 Å². The Morgan fingerprint density at radius 1 is 1.54 bits per heavy atom. The topological polar surface area (TPSA) is 64.9 Å². The van der Waals surface area contributed by atoms with Crippen molar-refractivity contribution in [2.24, 2.45) is 5.92 Å². The minimum absolute atomic E-state index is 0.00774. The summed E-state index contributed by atoms with van der Waals surface area (Å²) in [5.41, 5.74) is 0. The maximum Gasteiger partial charge on any atom is 0.233 e. The summed E-state index contributed by atoms with van der Waals surface area (Å²) < 4.78 is 0. The molecule has 2 N–H and O–H groups in total. The number of nitriles is 1. The maximum absolute atomic E-state index is 11.1. The van der Waals surface area contributed by atoms with Crippen molar-refractivity contribution in [2.75, 3.05) is 19.6 Å². The van der Waals surface area contributed by atoms with E-state index < -0.39 is 0 Å². The van der Waals surface area contributed by atoms with E-state index in [1.165, 1.54) is 0 Å². The van der Waals surface area contributed by atoms with E-state index in [9.17, 15) is 4.79 Å². The van der Waals surface area contributed by atoms with Crippen LogP contribution in [0.4, 0.5) is 0 Å². The first kappa shape index (κ1) is 11.9. The van der Waals surface area contributed by atoms with Crippen molar-refractivity contribution in [1.82, 2.24) is 10.6 Å². The molecule has 0 unspecified atom stereocenters. The van der Waals surface area contributed by atoms with Crippen LogP contribution in [0.5, 0.6) is 0 Å². The Balaban J connectivity index is 3.26. The number of hydrogen-bond acceptors (Lipinski definition) is 3. The molecule has 0 bridgehead atoms. The van der Waals surface area contributed by atoms with Crippen molar-refractivity contribution in [1.29, 1.82) is 5.26 Å². The van der Waals surface area contributed by atoms with E-state index in [4.69, 9.17) is 5.26 Å². The molecule has 0 saturated heterocycles. The Bertz CT molecular complexity index is 184. The highest BCUT2D eigenvalue weighted by Gasteiger charge is 2.00. The average molecular weight is 183 g/mol. The van der Waals surface area contributed by atoms with E-state index >= 15 is 0 Å². The maximum atomic E-state index is 11.1. The Morgan fingerprint density at radius 2 is 2.23 bits per heavy atom. The molecule has 0 rings (SSSR count). The van der Waals surface area contributed by atoms with Crippen LogP contribution in [0.1, 0.15) is 20.3 Å². The fourth-order valence-corrected chi connectivity index (χ4v) is 0.727. The summed E-state index contributed by atoms with van der Waals surface area (Å²) in [6.07, 6.45) is 0.442. The van der Waals surface area contributed by atoms with Crippen LogP contribution in [0, 0.1) is 17.2 Å². The monoisotopic (exact) mass is 183 g/mol. The molecule has 0 spiro atoms. The first-order chi connectivity index (χ1) is 6.16. The molecule has 0 aliphatic rings. The first-order valence-electron chi connectivity index (χ1n) is 4.51.